The van der Waals surface area contributed by atoms with Gasteiger partial charge in [0.2, 0.25) is 10.0 Å². The van der Waals surface area contributed by atoms with E-state index in [-0.39, 0.29) is 16.2 Å². The first-order valence-corrected chi connectivity index (χ1v) is 12.1. The first-order valence-electron chi connectivity index (χ1n) is 9.78. The molecule has 3 rings (SSSR count). The van der Waals surface area contributed by atoms with Crippen molar-refractivity contribution < 1.29 is 27.5 Å². The maximum absolute atomic E-state index is 12.8. The SMILES string of the molecule is CCCCOc1cccc(C(=O)N=c2sc3cc(S(N)(=O)=O)ccc3n2CC(=O)OC)c1. The number of primary sulfonamides is 1. The highest BCUT2D eigenvalue weighted by Gasteiger charge is 2.16. The number of hydrogen-bond acceptors (Lipinski definition) is 7. The second-order valence-electron chi connectivity index (χ2n) is 6.87. The Morgan fingerprint density at radius 2 is 1.97 bits per heavy atom. The Labute approximate surface area is 189 Å². The summed E-state index contributed by atoms with van der Waals surface area (Å²) >= 11 is 1.07. The van der Waals surface area contributed by atoms with E-state index in [9.17, 15) is 18.0 Å². The zero-order valence-corrected chi connectivity index (χ0v) is 19.2. The first kappa shape index (κ1) is 23.6. The number of hydrogen-bond donors (Lipinski definition) is 1. The summed E-state index contributed by atoms with van der Waals surface area (Å²) in [4.78, 5) is 29.1. The Bertz CT molecular complexity index is 1320. The van der Waals surface area contributed by atoms with Gasteiger partial charge in [-0.3, -0.25) is 9.59 Å². The fourth-order valence-corrected chi connectivity index (χ4v) is 4.55. The lowest BCUT2D eigenvalue weighted by Gasteiger charge is -2.06. The number of amides is 1. The van der Waals surface area contributed by atoms with Crippen LogP contribution in [0.2, 0.25) is 0 Å². The Hall–Kier alpha value is -3.02. The molecule has 0 unspecified atom stereocenters. The molecule has 0 atom stereocenters. The molecule has 3 aromatic rings. The predicted octanol–water partition coefficient (Wildman–Crippen LogP) is 2.44. The molecule has 11 heteroatoms. The molecule has 0 radical (unpaired) electrons. The summed E-state index contributed by atoms with van der Waals surface area (Å²) in [5.41, 5.74) is 0.849. The maximum Gasteiger partial charge on any atom is 0.325 e. The largest absolute Gasteiger partial charge is 0.494 e. The van der Waals surface area contributed by atoms with Crippen LogP contribution < -0.4 is 14.7 Å². The average Bonchev–Trinajstić information content (AvgIpc) is 3.09. The van der Waals surface area contributed by atoms with E-state index in [4.69, 9.17) is 14.6 Å². The van der Waals surface area contributed by atoms with Gasteiger partial charge in [0.25, 0.3) is 5.91 Å². The topological polar surface area (TPSA) is 130 Å². The number of nitrogens with two attached hydrogens (primary N) is 1. The molecule has 0 aliphatic heterocycles. The van der Waals surface area contributed by atoms with E-state index >= 15 is 0 Å². The summed E-state index contributed by atoms with van der Waals surface area (Å²) in [5, 5.41) is 5.22. The van der Waals surface area contributed by atoms with Gasteiger partial charge in [-0.1, -0.05) is 30.7 Å². The zero-order valence-electron chi connectivity index (χ0n) is 17.6. The van der Waals surface area contributed by atoms with Crippen molar-refractivity contribution in [1.29, 1.82) is 0 Å². The number of carbonyl (C=O) groups is 2. The molecule has 0 saturated carbocycles. The van der Waals surface area contributed by atoms with Crippen LogP contribution in [-0.2, 0) is 26.1 Å². The van der Waals surface area contributed by atoms with Gasteiger partial charge in [-0.25, -0.2) is 13.6 Å². The second kappa shape index (κ2) is 10.1. The molecule has 0 aliphatic carbocycles. The molecule has 32 heavy (non-hydrogen) atoms. The molecule has 1 amide bonds. The molecule has 1 aromatic heterocycles. The van der Waals surface area contributed by atoms with Gasteiger partial charge in [0.05, 0.1) is 28.8 Å². The van der Waals surface area contributed by atoms with Crippen molar-refractivity contribution in [3.05, 3.63) is 52.8 Å². The number of aromatic nitrogens is 1. The summed E-state index contributed by atoms with van der Waals surface area (Å²) in [7, 11) is -2.66. The van der Waals surface area contributed by atoms with E-state index in [1.807, 2.05) is 0 Å². The van der Waals surface area contributed by atoms with E-state index in [1.54, 1.807) is 24.3 Å². The molecule has 1 heterocycles. The third kappa shape index (κ3) is 5.61. The normalized spacial score (nSPS) is 12.2. The van der Waals surface area contributed by atoms with Crippen LogP contribution in [0.5, 0.6) is 5.75 Å². The lowest BCUT2D eigenvalue weighted by atomic mass is 10.2. The van der Waals surface area contributed by atoms with E-state index in [0.29, 0.717) is 28.1 Å². The van der Waals surface area contributed by atoms with Crippen molar-refractivity contribution >= 4 is 43.5 Å². The van der Waals surface area contributed by atoms with Crippen LogP contribution in [0.3, 0.4) is 0 Å². The number of sulfonamides is 1. The molecule has 0 aliphatic rings. The Balaban J connectivity index is 2.05. The smallest absolute Gasteiger partial charge is 0.325 e. The molecule has 170 valence electrons. The van der Waals surface area contributed by atoms with Gasteiger partial charge in [-0.05, 0) is 42.8 Å². The molecule has 2 N–H and O–H groups in total. The fraction of sp³-hybridized carbons (Fsp3) is 0.286. The minimum Gasteiger partial charge on any atom is -0.494 e. The number of methoxy groups -OCH3 is 1. The van der Waals surface area contributed by atoms with Crippen molar-refractivity contribution in [2.45, 2.75) is 31.2 Å². The van der Waals surface area contributed by atoms with Crippen molar-refractivity contribution in [3.8, 4) is 5.75 Å². The Morgan fingerprint density at radius 3 is 2.66 bits per heavy atom. The van der Waals surface area contributed by atoms with Crippen molar-refractivity contribution in [2.24, 2.45) is 10.1 Å². The summed E-state index contributed by atoms with van der Waals surface area (Å²) in [5.74, 6) is -0.501. The van der Waals surface area contributed by atoms with Crippen LogP contribution in [0.1, 0.15) is 30.1 Å². The quantitative estimate of drug-likeness (QED) is 0.392. The lowest BCUT2D eigenvalue weighted by Crippen LogP contribution is -2.22. The number of esters is 1. The van der Waals surface area contributed by atoms with Crippen LogP contribution in [0.25, 0.3) is 10.2 Å². The minimum atomic E-state index is -3.91. The van der Waals surface area contributed by atoms with Crippen molar-refractivity contribution in [2.75, 3.05) is 13.7 Å². The van der Waals surface area contributed by atoms with Crippen LogP contribution in [0, 0.1) is 0 Å². The zero-order chi connectivity index (χ0) is 23.3. The molecule has 0 bridgehead atoms. The van der Waals surface area contributed by atoms with Gasteiger partial charge in [0.15, 0.2) is 4.80 Å². The number of ether oxygens (including phenoxy) is 2. The predicted molar refractivity (Wildman–Crippen MR) is 120 cm³/mol. The highest BCUT2D eigenvalue weighted by molar-refractivity contribution is 7.89. The van der Waals surface area contributed by atoms with Crippen molar-refractivity contribution in [1.82, 2.24) is 4.57 Å². The van der Waals surface area contributed by atoms with Crippen LogP contribution in [0.15, 0.2) is 52.4 Å². The second-order valence-corrected chi connectivity index (χ2v) is 9.44. The molecular formula is C21H23N3O6S2. The highest BCUT2D eigenvalue weighted by Crippen LogP contribution is 2.22. The molecule has 0 spiro atoms. The molecule has 0 saturated heterocycles. The number of benzene rings is 2. The summed E-state index contributed by atoms with van der Waals surface area (Å²) in [6.45, 7) is 2.41. The van der Waals surface area contributed by atoms with E-state index < -0.39 is 21.9 Å². The third-order valence-corrected chi connectivity index (χ3v) is 6.49. The van der Waals surface area contributed by atoms with Crippen LogP contribution >= 0.6 is 11.3 Å². The highest BCUT2D eigenvalue weighted by atomic mass is 32.2. The van der Waals surface area contributed by atoms with Crippen LogP contribution in [-0.4, -0.2) is 38.6 Å². The molecule has 9 nitrogen and oxygen atoms in total. The van der Waals surface area contributed by atoms with Gasteiger partial charge in [-0.15, -0.1) is 0 Å². The van der Waals surface area contributed by atoms with E-state index in [2.05, 4.69) is 11.9 Å². The maximum atomic E-state index is 12.8. The number of thiazole rings is 1. The lowest BCUT2D eigenvalue weighted by molar-refractivity contribution is -0.141. The molecule has 2 aromatic carbocycles. The summed E-state index contributed by atoms with van der Waals surface area (Å²) < 4.78 is 35.8. The number of carbonyl (C=O) groups excluding carboxylic acids is 2. The number of rotatable bonds is 8. The molecular weight excluding hydrogens is 454 g/mol. The Morgan fingerprint density at radius 1 is 1.19 bits per heavy atom. The molecule has 0 fully saturated rings. The average molecular weight is 478 g/mol. The third-order valence-electron chi connectivity index (χ3n) is 4.54. The van der Waals surface area contributed by atoms with Crippen LogP contribution in [0.4, 0.5) is 0 Å². The fourth-order valence-electron chi connectivity index (χ4n) is 2.87. The van der Waals surface area contributed by atoms with Gasteiger partial charge < -0.3 is 14.0 Å². The Kier molecular flexibility index (Phi) is 7.44. The summed E-state index contributed by atoms with van der Waals surface area (Å²) in [6.07, 6.45) is 1.89. The summed E-state index contributed by atoms with van der Waals surface area (Å²) in [6, 6.07) is 10.9. The van der Waals surface area contributed by atoms with E-state index in [1.165, 1.54) is 29.9 Å². The van der Waals surface area contributed by atoms with Gasteiger partial charge in [0, 0.05) is 5.56 Å². The van der Waals surface area contributed by atoms with Crippen molar-refractivity contribution in [3.63, 3.8) is 0 Å². The number of nitrogens with zero attached hydrogens (tertiary/aromatic N) is 2. The first-order chi connectivity index (χ1) is 15.2. The van der Waals surface area contributed by atoms with Gasteiger partial charge in [-0.2, -0.15) is 4.99 Å². The standard InChI is InChI=1S/C21H23N3O6S2/c1-3-4-10-30-15-7-5-6-14(11-15)20(26)23-21-24(13-19(25)29-2)17-9-8-16(32(22,27)28)12-18(17)31-21/h5-9,11-12H,3-4,10,13H2,1-2H3,(H2,22,27,28). The van der Waals surface area contributed by atoms with Gasteiger partial charge >= 0.3 is 5.97 Å². The number of fused-ring (bicyclic) bond motifs is 1. The van der Waals surface area contributed by atoms with E-state index in [0.717, 1.165) is 24.2 Å². The number of unbranched alkanes of at least 4 members (excludes halogenated alkanes) is 1. The monoisotopic (exact) mass is 477 g/mol. The minimum absolute atomic E-state index is 0.0775. The van der Waals surface area contributed by atoms with Gasteiger partial charge in [0.1, 0.15) is 12.3 Å².